The summed E-state index contributed by atoms with van der Waals surface area (Å²) >= 11 is 0. The molecule has 0 fully saturated rings. The number of hydrogen-bond acceptors (Lipinski definition) is 9. The first-order valence-corrected chi connectivity index (χ1v) is 25.4. The summed E-state index contributed by atoms with van der Waals surface area (Å²) in [6.45, 7) is 6.15. The highest BCUT2D eigenvalue weighted by Crippen LogP contribution is 2.12. The van der Waals surface area contributed by atoms with Crippen LogP contribution >= 0.6 is 0 Å². The monoisotopic (exact) mass is 890 g/mol. The lowest BCUT2D eigenvalue weighted by atomic mass is 10.1. The number of unbranched alkanes of at least 4 members (excludes halogenated alkanes) is 24. The lowest BCUT2D eigenvalue weighted by Gasteiger charge is -2.11. The van der Waals surface area contributed by atoms with Gasteiger partial charge in [-0.15, -0.1) is 0 Å². The second-order valence-electron chi connectivity index (χ2n) is 16.9. The molecule has 0 spiro atoms. The van der Waals surface area contributed by atoms with Crippen LogP contribution in [0.2, 0.25) is 0 Å². The van der Waals surface area contributed by atoms with Crippen LogP contribution in [0.1, 0.15) is 201 Å². The zero-order valence-electron chi connectivity index (χ0n) is 40.9. The molecule has 0 aromatic rings. The summed E-state index contributed by atoms with van der Waals surface area (Å²) in [5, 5.41) is 54.8. The van der Waals surface area contributed by atoms with Gasteiger partial charge in [0, 0.05) is 0 Å². The lowest BCUT2D eigenvalue weighted by molar-refractivity contribution is 0.143. The molecule has 9 nitrogen and oxygen atoms in total. The van der Waals surface area contributed by atoms with E-state index < -0.39 is 36.4 Å². The van der Waals surface area contributed by atoms with Gasteiger partial charge >= 0.3 is 0 Å². The van der Waals surface area contributed by atoms with Crippen molar-refractivity contribution in [3.05, 3.63) is 85.1 Å². The number of aliphatic hydroxyl groups is 6. The predicted molar refractivity (Wildman–Crippen MR) is 273 cm³/mol. The van der Waals surface area contributed by atoms with Crippen molar-refractivity contribution >= 4 is 0 Å². The molecule has 9 heteroatoms. The summed E-state index contributed by atoms with van der Waals surface area (Å²) in [4.78, 5) is 0. The largest absolute Gasteiger partial charge is 0.395 e. The summed E-state index contributed by atoms with van der Waals surface area (Å²) in [5.41, 5.74) is 16.5. The highest BCUT2D eigenvalue weighted by atomic mass is 16.3. The Morgan fingerprint density at radius 1 is 0.302 bits per heavy atom. The van der Waals surface area contributed by atoms with Crippen LogP contribution in [0.15, 0.2) is 85.1 Å². The highest BCUT2D eigenvalue weighted by molar-refractivity contribution is 5.13. The summed E-state index contributed by atoms with van der Waals surface area (Å²) in [6.07, 6.45) is 60.9. The first kappa shape index (κ1) is 65.1. The third-order valence-corrected chi connectivity index (χ3v) is 10.7. The Hall–Kier alpha value is -2.18. The molecule has 1 unspecified atom stereocenters. The molecule has 0 radical (unpaired) electrons. The van der Waals surface area contributed by atoms with Crippen LogP contribution in [0.5, 0.6) is 0 Å². The van der Waals surface area contributed by atoms with Gasteiger partial charge in [0.05, 0.1) is 56.3 Å². The second kappa shape index (κ2) is 56.0. The van der Waals surface area contributed by atoms with E-state index in [1.165, 1.54) is 154 Å². The Bertz CT molecular complexity index is 1090. The fraction of sp³-hybridized carbons (Fsp3) is 0.741. The molecule has 0 amide bonds. The van der Waals surface area contributed by atoms with Crippen molar-refractivity contribution in [1.82, 2.24) is 0 Å². The minimum absolute atomic E-state index is 0.191. The van der Waals surface area contributed by atoms with E-state index in [1.54, 1.807) is 30.4 Å². The SMILES string of the molecule is CCCCCCCCC/C=C/C=C/C=C/C(O)[C@@H](N)CO.CCCCCCCCC/C=C/CC/C=C/[C@@H](O)[C@@H](N)CO.CCCCCCCCCCC/C=C/C=C/[C@@H](O)[C@@H](N)CO. The Kier molecular flexibility index (Phi) is 57.8. The van der Waals surface area contributed by atoms with E-state index in [2.05, 4.69) is 45.1 Å². The van der Waals surface area contributed by atoms with E-state index in [1.807, 2.05) is 30.4 Å². The maximum absolute atomic E-state index is 9.51. The van der Waals surface area contributed by atoms with E-state index in [-0.39, 0.29) is 19.8 Å². The van der Waals surface area contributed by atoms with Gasteiger partial charge in [0.1, 0.15) is 0 Å². The van der Waals surface area contributed by atoms with Gasteiger partial charge in [-0.2, -0.15) is 0 Å². The Morgan fingerprint density at radius 2 is 0.571 bits per heavy atom. The molecule has 0 aliphatic rings. The third kappa shape index (κ3) is 54.1. The van der Waals surface area contributed by atoms with Gasteiger partial charge < -0.3 is 47.8 Å². The number of rotatable bonds is 41. The first-order chi connectivity index (χ1) is 30.7. The van der Waals surface area contributed by atoms with Crippen LogP contribution < -0.4 is 17.2 Å². The zero-order chi connectivity index (χ0) is 47.3. The van der Waals surface area contributed by atoms with Gasteiger partial charge in [-0.1, -0.05) is 234 Å². The van der Waals surface area contributed by atoms with Crippen molar-refractivity contribution in [2.24, 2.45) is 17.2 Å². The fourth-order valence-corrected chi connectivity index (χ4v) is 6.26. The fourth-order valence-electron chi connectivity index (χ4n) is 6.26. The van der Waals surface area contributed by atoms with Crippen molar-refractivity contribution in [3.63, 3.8) is 0 Å². The molecule has 0 aromatic heterocycles. The Balaban J connectivity index is -0.000000857. The predicted octanol–water partition coefficient (Wildman–Crippen LogP) is 10.9. The van der Waals surface area contributed by atoms with Gasteiger partial charge in [-0.25, -0.2) is 0 Å². The van der Waals surface area contributed by atoms with Crippen LogP contribution in [-0.2, 0) is 0 Å². The standard InChI is InChI=1S/2C18H35NO2.C18H33NO2/c3*1-2-3-4-5-6-7-8-9-10-11-12-13-14-15-18(21)17(19)16-20/h12-15,17-18,20-21H,2-11,16,19H2,1H3;10-11,14-15,17-18,20-21H,2-9,12-13,16,19H2,1H3;10-15,17-18,20-21H,2-9,16,19H2,1H3/b13-12+,15-14+;11-10+,15-14+;11-10+,13-12+,15-14+/t2*17-,18+;17-,18?/m000/s1. The van der Waals surface area contributed by atoms with Crippen molar-refractivity contribution < 1.29 is 30.6 Å². The maximum atomic E-state index is 9.51. The molecule has 0 rings (SSSR count). The average molecular weight is 890 g/mol. The van der Waals surface area contributed by atoms with Crippen molar-refractivity contribution in [3.8, 4) is 0 Å². The molecule has 0 aliphatic carbocycles. The molecule has 6 atom stereocenters. The van der Waals surface area contributed by atoms with Crippen LogP contribution in [0.25, 0.3) is 0 Å². The minimum Gasteiger partial charge on any atom is -0.395 e. The quantitative estimate of drug-likeness (QED) is 0.0163. The van der Waals surface area contributed by atoms with E-state index in [9.17, 15) is 15.3 Å². The van der Waals surface area contributed by atoms with Crippen LogP contribution in [0, 0.1) is 0 Å². The normalized spacial score (nSPS) is 15.2. The smallest absolute Gasteiger partial charge is 0.0897 e. The third-order valence-electron chi connectivity index (χ3n) is 10.7. The summed E-state index contributed by atoms with van der Waals surface area (Å²) < 4.78 is 0. The topological polar surface area (TPSA) is 199 Å². The molecule has 0 saturated carbocycles. The number of aliphatic hydroxyl groups excluding tert-OH is 6. The van der Waals surface area contributed by atoms with Crippen molar-refractivity contribution in [2.75, 3.05) is 19.8 Å². The lowest BCUT2D eigenvalue weighted by Crippen LogP contribution is -2.36. The van der Waals surface area contributed by atoms with Gasteiger partial charge in [0.25, 0.3) is 0 Å². The van der Waals surface area contributed by atoms with Crippen LogP contribution in [0.4, 0.5) is 0 Å². The summed E-state index contributed by atoms with van der Waals surface area (Å²) in [6, 6.07) is -1.77. The molecule has 12 N–H and O–H groups in total. The van der Waals surface area contributed by atoms with E-state index in [0.717, 1.165) is 25.7 Å². The zero-order valence-corrected chi connectivity index (χ0v) is 40.9. The minimum atomic E-state index is -0.795. The summed E-state index contributed by atoms with van der Waals surface area (Å²) in [5.74, 6) is 0. The van der Waals surface area contributed by atoms with Gasteiger partial charge in [-0.05, 0) is 51.4 Å². The van der Waals surface area contributed by atoms with E-state index in [0.29, 0.717) is 0 Å². The number of allylic oxidation sites excluding steroid dienone is 11. The van der Waals surface area contributed by atoms with Crippen LogP contribution in [-0.4, -0.2) is 86.9 Å². The molecular weight excluding hydrogens is 787 g/mol. The molecule has 63 heavy (non-hydrogen) atoms. The molecule has 0 aromatic carbocycles. The molecule has 0 heterocycles. The summed E-state index contributed by atoms with van der Waals surface area (Å²) in [7, 11) is 0. The molecule has 0 bridgehead atoms. The number of hydrogen-bond donors (Lipinski definition) is 9. The molecule has 0 saturated heterocycles. The molecular formula is C54H103N3O6. The van der Waals surface area contributed by atoms with Crippen molar-refractivity contribution in [1.29, 1.82) is 0 Å². The second-order valence-corrected chi connectivity index (χ2v) is 16.9. The number of nitrogens with two attached hydrogens (primary N) is 3. The van der Waals surface area contributed by atoms with Crippen LogP contribution in [0.3, 0.4) is 0 Å². The van der Waals surface area contributed by atoms with Crippen molar-refractivity contribution in [2.45, 2.75) is 237 Å². The van der Waals surface area contributed by atoms with Gasteiger partial charge in [0.15, 0.2) is 0 Å². The van der Waals surface area contributed by atoms with E-state index >= 15 is 0 Å². The van der Waals surface area contributed by atoms with Gasteiger partial charge in [0.2, 0.25) is 0 Å². The van der Waals surface area contributed by atoms with Gasteiger partial charge in [-0.3, -0.25) is 0 Å². The maximum Gasteiger partial charge on any atom is 0.0897 e. The highest BCUT2D eigenvalue weighted by Gasteiger charge is 2.10. The average Bonchev–Trinajstić information content (AvgIpc) is 3.30. The molecule has 0 aliphatic heterocycles. The van der Waals surface area contributed by atoms with E-state index in [4.69, 9.17) is 32.5 Å². The Morgan fingerprint density at radius 3 is 0.952 bits per heavy atom. The first-order valence-electron chi connectivity index (χ1n) is 25.4. The molecule has 370 valence electrons. The Labute approximate surface area is 388 Å².